The van der Waals surface area contributed by atoms with Crippen LogP contribution in [0.5, 0.6) is 0 Å². The lowest BCUT2D eigenvalue weighted by Gasteiger charge is -2.15. The molecule has 0 aliphatic rings. The van der Waals surface area contributed by atoms with E-state index in [4.69, 9.17) is 0 Å². The number of rotatable bonds is 0. The van der Waals surface area contributed by atoms with Crippen molar-refractivity contribution in [3.05, 3.63) is 21.9 Å². The van der Waals surface area contributed by atoms with Gasteiger partial charge in [0, 0.05) is 10.9 Å². The van der Waals surface area contributed by atoms with E-state index in [9.17, 15) is 8.78 Å². The van der Waals surface area contributed by atoms with Gasteiger partial charge >= 0.3 is 0 Å². The average molecular weight is 176 g/mol. The van der Waals surface area contributed by atoms with Gasteiger partial charge in [0.1, 0.15) is 5.82 Å². The monoisotopic (exact) mass is 176 g/mol. The van der Waals surface area contributed by atoms with E-state index in [1.54, 1.807) is 0 Å². The molecule has 0 atom stereocenters. The summed E-state index contributed by atoms with van der Waals surface area (Å²) in [6.07, 6.45) is 0. The van der Waals surface area contributed by atoms with Gasteiger partial charge in [0.15, 0.2) is 5.13 Å². The summed E-state index contributed by atoms with van der Waals surface area (Å²) in [5.74, 6) is -0.431. The van der Waals surface area contributed by atoms with Crippen molar-refractivity contribution in [1.82, 2.24) is 0 Å². The summed E-state index contributed by atoms with van der Waals surface area (Å²) in [5, 5.41) is -0.451. The van der Waals surface area contributed by atoms with Crippen molar-refractivity contribution in [2.45, 2.75) is 26.2 Å². The van der Waals surface area contributed by atoms with Crippen LogP contribution in [0.4, 0.5) is 8.78 Å². The molecular weight excluding hydrogens is 166 g/mol. The van der Waals surface area contributed by atoms with Crippen molar-refractivity contribution in [2.24, 2.45) is 0 Å². The topological polar surface area (TPSA) is 0 Å². The van der Waals surface area contributed by atoms with E-state index in [0.29, 0.717) is 4.88 Å². The van der Waals surface area contributed by atoms with Crippen molar-refractivity contribution >= 4 is 11.3 Å². The molecule has 0 spiro atoms. The molecule has 0 N–H and O–H groups in total. The van der Waals surface area contributed by atoms with E-state index < -0.39 is 10.9 Å². The highest BCUT2D eigenvalue weighted by molar-refractivity contribution is 7.10. The van der Waals surface area contributed by atoms with Crippen molar-refractivity contribution in [1.29, 1.82) is 0 Å². The Kier molecular flexibility index (Phi) is 2.01. The van der Waals surface area contributed by atoms with Gasteiger partial charge in [-0.1, -0.05) is 20.8 Å². The first kappa shape index (κ1) is 8.65. The van der Waals surface area contributed by atoms with Gasteiger partial charge in [0.05, 0.1) is 0 Å². The minimum absolute atomic E-state index is 0.293. The summed E-state index contributed by atoms with van der Waals surface area (Å²) >= 11 is 0.880. The summed E-state index contributed by atoms with van der Waals surface area (Å²) < 4.78 is 25.4. The van der Waals surface area contributed by atoms with Crippen LogP contribution in [0.15, 0.2) is 6.07 Å². The number of hydrogen-bond acceptors (Lipinski definition) is 1. The first-order valence-electron chi connectivity index (χ1n) is 3.36. The molecule has 1 aromatic heterocycles. The molecule has 0 aliphatic heterocycles. The maximum atomic E-state index is 12.9. The molecule has 0 unspecified atom stereocenters. The van der Waals surface area contributed by atoms with Crippen molar-refractivity contribution < 1.29 is 8.78 Å². The molecular formula is C8H10F2S. The summed E-state index contributed by atoms with van der Waals surface area (Å²) in [7, 11) is 0. The van der Waals surface area contributed by atoms with E-state index in [-0.39, 0.29) is 5.41 Å². The van der Waals surface area contributed by atoms with Crippen molar-refractivity contribution in [2.75, 3.05) is 0 Å². The second-order valence-corrected chi connectivity index (χ2v) is 4.48. The number of halogens is 2. The van der Waals surface area contributed by atoms with E-state index in [0.717, 1.165) is 17.4 Å². The van der Waals surface area contributed by atoms with Crippen LogP contribution in [0.2, 0.25) is 0 Å². The van der Waals surface area contributed by atoms with Crippen LogP contribution in [0, 0.1) is 10.9 Å². The molecule has 0 saturated carbocycles. The summed E-state index contributed by atoms with van der Waals surface area (Å²) in [6.45, 7) is 5.59. The molecule has 0 fully saturated rings. The molecule has 0 aliphatic carbocycles. The van der Waals surface area contributed by atoms with E-state index in [1.807, 2.05) is 20.8 Å². The number of hydrogen-bond donors (Lipinski definition) is 0. The molecule has 0 nitrogen and oxygen atoms in total. The molecule has 0 bridgehead atoms. The Hall–Kier alpha value is -0.440. The lowest BCUT2D eigenvalue weighted by atomic mass is 9.94. The lowest BCUT2D eigenvalue weighted by molar-refractivity contribution is 0.536. The zero-order valence-corrected chi connectivity index (χ0v) is 7.56. The average Bonchev–Trinajstić information content (AvgIpc) is 2.08. The fraction of sp³-hybridized carbons (Fsp3) is 0.500. The Morgan fingerprint density at radius 3 is 2.00 bits per heavy atom. The molecule has 0 amide bonds. The molecule has 1 rings (SSSR count). The molecule has 0 aromatic carbocycles. The van der Waals surface area contributed by atoms with Crippen molar-refractivity contribution in [3.8, 4) is 0 Å². The van der Waals surface area contributed by atoms with Crippen molar-refractivity contribution in [3.63, 3.8) is 0 Å². The summed E-state index contributed by atoms with van der Waals surface area (Å²) in [5.41, 5.74) is -0.293. The standard InChI is InChI=1S/C8H10F2S/c1-8(2,3)7-5(9)4-6(10)11-7/h4H,1-3H3. The molecule has 0 saturated heterocycles. The van der Waals surface area contributed by atoms with Gasteiger partial charge in [0.2, 0.25) is 0 Å². The minimum atomic E-state index is -0.451. The van der Waals surface area contributed by atoms with Crippen LogP contribution < -0.4 is 0 Å². The normalized spacial score (nSPS) is 12.1. The highest BCUT2D eigenvalue weighted by Crippen LogP contribution is 2.31. The van der Waals surface area contributed by atoms with Gasteiger partial charge in [-0.05, 0) is 5.41 Å². The Balaban J connectivity index is 3.13. The molecule has 1 aromatic rings. The maximum absolute atomic E-state index is 12.9. The van der Waals surface area contributed by atoms with Gasteiger partial charge in [0.25, 0.3) is 0 Å². The first-order chi connectivity index (χ1) is 4.91. The maximum Gasteiger partial charge on any atom is 0.179 e. The lowest BCUT2D eigenvalue weighted by Crippen LogP contribution is -2.10. The fourth-order valence-corrected chi connectivity index (χ4v) is 1.67. The second kappa shape index (κ2) is 2.55. The predicted octanol–water partition coefficient (Wildman–Crippen LogP) is 3.32. The Labute approximate surface area is 68.9 Å². The zero-order valence-electron chi connectivity index (χ0n) is 6.74. The fourth-order valence-electron chi connectivity index (χ4n) is 0.852. The third kappa shape index (κ3) is 1.77. The minimum Gasteiger partial charge on any atom is -0.206 e. The van der Waals surface area contributed by atoms with Crippen LogP contribution in [0.1, 0.15) is 25.6 Å². The van der Waals surface area contributed by atoms with Gasteiger partial charge in [-0.2, -0.15) is 4.39 Å². The molecule has 3 heteroatoms. The van der Waals surface area contributed by atoms with Crippen LogP contribution in [-0.2, 0) is 5.41 Å². The molecule has 0 radical (unpaired) electrons. The Morgan fingerprint density at radius 2 is 1.82 bits per heavy atom. The van der Waals surface area contributed by atoms with Gasteiger partial charge in [-0.15, -0.1) is 11.3 Å². The molecule has 1 heterocycles. The second-order valence-electron chi connectivity index (χ2n) is 3.48. The van der Waals surface area contributed by atoms with Gasteiger partial charge < -0.3 is 0 Å². The van der Waals surface area contributed by atoms with Gasteiger partial charge in [-0.25, -0.2) is 4.39 Å². The van der Waals surface area contributed by atoms with E-state index in [1.165, 1.54) is 0 Å². The van der Waals surface area contributed by atoms with Gasteiger partial charge in [-0.3, -0.25) is 0 Å². The molecule has 62 valence electrons. The number of thiophene rings is 1. The third-order valence-electron chi connectivity index (χ3n) is 1.34. The highest BCUT2D eigenvalue weighted by atomic mass is 32.1. The Bertz CT molecular complexity index is 258. The summed E-state index contributed by atoms with van der Waals surface area (Å²) in [6, 6.07) is 0.936. The summed E-state index contributed by atoms with van der Waals surface area (Å²) in [4.78, 5) is 0.481. The molecule has 11 heavy (non-hydrogen) atoms. The SMILES string of the molecule is CC(C)(C)c1sc(F)cc1F. The quantitative estimate of drug-likeness (QED) is 0.568. The van der Waals surface area contributed by atoms with E-state index in [2.05, 4.69) is 0 Å². The van der Waals surface area contributed by atoms with Crippen LogP contribution in [-0.4, -0.2) is 0 Å². The highest BCUT2D eigenvalue weighted by Gasteiger charge is 2.21. The van der Waals surface area contributed by atoms with Crippen LogP contribution in [0.25, 0.3) is 0 Å². The van der Waals surface area contributed by atoms with Crippen LogP contribution in [0.3, 0.4) is 0 Å². The largest absolute Gasteiger partial charge is 0.206 e. The van der Waals surface area contributed by atoms with Crippen LogP contribution >= 0.6 is 11.3 Å². The Morgan fingerprint density at radius 1 is 1.27 bits per heavy atom. The first-order valence-corrected chi connectivity index (χ1v) is 4.18. The zero-order chi connectivity index (χ0) is 8.65. The third-order valence-corrected chi connectivity index (χ3v) is 2.66. The van der Waals surface area contributed by atoms with E-state index >= 15 is 0 Å². The predicted molar refractivity (Wildman–Crippen MR) is 42.9 cm³/mol. The smallest absolute Gasteiger partial charge is 0.179 e.